The van der Waals surface area contributed by atoms with Crippen molar-refractivity contribution in [1.82, 2.24) is 9.97 Å². The third-order valence-electron chi connectivity index (χ3n) is 4.34. The summed E-state index contributed by atoms with van der Waals surface area (Å²) in [6.07, 6.45) is 6.49. The second-order valence-corrected chi connectivity index (χ2v) is 6.54. The maximum Gasteiger partial charge on any atom is 0.225 e. The Morgan fingerprint density at radius 1 is 1.04 bits per heavy atom. The van der Waals surface area contributed by atoms with Crippen LogP contribution in [0.25, 0.3) is 0 Å². The van der Waals surface area contributed by atoms with Gasteiger partial charge in [-0.25, -0.2) is 4.98 Å². The molecule has 2 aromatic rings. The van der Waals surface area contributed by atoms with E-state index in [1.165, 1.54) is 43.2 Å². The molecule has 2 N–H and O–H groups in total. The van der Waals surface area contributed by atoms with E-state index in [-0.39, 0.29) is 0 Å². The van der Waals surface area contributed by atoms with E-state index >= 15 is 0 Å². The van der Waals surface area contributed by atoms with Crippen LogP contribution in [0.2, 0.25) is 0 Å². The topological polar surface area (TPSA) is 49.8 Å². The molecule has 0 amide bonds. The number of aryl methyl sites for hydroxylation is 2. The predicted molar refractivity (Wildman–Crippen MR) is 95.8 cm³/mol. The molecule has 0 spiro atoms. The van der Waals surface area contributed by atoms with Crippen molar-refractivity contribution < 1.29 is 0 Å². The van der Waals surface area contributed by atoms with Crippen molar-refractivity contribution in [3.8, 4) is 0 Å². The van der Waals surface area contributed by atoms with Crippen molar-refractivity contribution in [1.29, 1.82) is 0 Å². The second kappa shape index (κ2) is 7.44. The molecule has 0 aliphatic heterocycles. The van der Waals surface area contributed by atoms with Gasteiger partial charge < -0.3 is 10.6 Å². The number of nitrogens with zero attached hydrogens (tertiary/aromatic N) is 2. The molecular weight excluding hydrogens is 284 g/mol. The van der Waals surface area contributed by atoms with Gasteiger partial charge >= 0.3 is 0 Å². The summed E-state index contributed by atoms with van der Waals surface area (Å²) in [4.78, 5) is 9.13. The van der Waals surface area contributed by atoms with E-state index in [1.54, 1.807) is 0 Å². The van der Waals surface area contributed by atoms with Crippen LogP contribution in [0.1, 0.15) is 48.9 Å². The van der Waals surface area contributed by atoms with Gasteiger partial charge in [-0.2, -0.15) is 4.98 Å². The first kappa shape index (κ1) is 15.8. The highest BCUT2D eigenvalue weighted by Gasteiger charge is 2.14. The van der Waals surface area contributed by atoms with Crippen LogP contribution in [0.5, 0.6) is 0 Å². The molecule has 1 fully saturated rings. The van der Waals surface area contributed by atoms with Crippen molar-refractivity contribution in [3.05, 3.63) is 47.2 Å². The van der Waals surface area contributed by atoms with Gasteiger partial charge in [0.1, 0.15) is 5.82 Å². The summed E-state index contributed by atoms with van der Waals surface area (Å²) in [6.45, 7) is 4.87. The van der Waals surface area contributed by atoms with Crippen LogP contribution in [-0.2, 0) is 6.54 Å². The summed E-state index contributed by atoms with van der Waals surface area (Å²) in [6, 6.07) is 11.1. The summed E-state index contributed by atoms with van der Waals surface area (Å²) < 4.78 is 0. The van der Waals surface area contributed by atoms with Crippen LogP contribution in [0, 0.1) is 13.8 Å². The molecule has 3 rings (SSSR count). The van der Waals surface area contributed by atoms with Gasteiger partial charge in [-0.15, -0.1) is 0 Å². The molecule has 1 aromatic heterocycles. The zero-order valence-electron chi connectivity index (χ0n) is 14.1. The highest BCUT2D eigenvalue weighted by molar-refractivity contribution is 5.43. The molecule has 0 atom stereocenters. The Balaban J connectivity index is 1.65. The summed E-state index contributed by atoms with van der Waals surface area (Å²) in [5.41, 5.74) is 3.51. The van der Waals surface area contributed by atoms with Crippen LogP contribution in [0.15, 0.2) is 30.3 Å². The molecule has 4 nitrogen and oxygen atoms in total. The fourth-order valence-corrected chi connectivity index (χ4v) is 3.18. The Hall–Kier alpha value is -2.10. The van der Waals surface area contributed by atoms with Crippen LogP contribution in [-0.4, -0.2) is 16.0 Å². The van der Waals surface area contributed by atoms with E-state index in [2.05, 4.69) is 51.8 Å². The van der Waals surface area contributed by atoms with E-state index < -0.39 is 0 Å². The first-order valence-corrected chi connectivity index (χ1v) is 8.61. The van der Waals surface area contributed by atoms with E-state index in [0.29, 0.717) is 12.0 Å². The monoisotopic (exact) mass is 310 g/mol. The first-order chi connectivity index (χ1) is 11.2. The van der Waals surface area contributed by atoms with Crippen LogP contribution >= 0.6 is 0 Å². The van der Waals surface area contributed by atoms with Gasteiger partial charge in [0, 0.05) is 24.3 Å². The van der Waals surface area contributed by atoms with Gasteiger partial charge in [0.25, 0.3) is 0 Å². The van der Waals surface area contributed by atoms with E-state index in [0.717, 1.165) is 18.1 Å². The minimum Gasteiger partial charge on any atom is -0.367 e. The predicted octanol–water partition coefficient (Wildman–Crippen LogP) is 4.45. The Morgan fingerprint density at radius 2 is 1.87 bits per heavy atom. The third kappa shape index (κ3) is 4.68. The number of benzene rings is 1. The van der Waals surface area contributed by atoms with Gasteiger partial charge in [-0.3, -0.25) is 0 Å². The summed E-state index contributed by atoms with van der Waals surface area (Å²) in [5, 5.41) is 6.92. The molecule has 0 saturated heterocycles. The third-order valence-corrected chi connectivity index (χ3v) is 4.34. The highest BCUT2D eigenvalue weighted by atomic mass is 15.1. The zero-order chi connectivity index (χ0) is 16.1. The van der Waals surface area contributed by atoms with Crippen LogP contribution in [0.3, 0.4) is 0 Å². The number of rotatable bonds is 5. The van der Waals surface area contributed by atoms with Crippen molar-refractivity contribution in [2.75, 3.05) is 10.6 Å². The Kier molecular flexibility index (Phi) is 5.11. The molecule has 1 saturated carbocycles. The number of anilines is 2. The van der Waals surface area contributed by atoms with E-state index in [9.17, 15) is 0 Å². The van der Waals surface area contributed by atoms with Gasteiger partial charge in [-0.1, -0.05) is 49.1 Å². The molecule has 1 aliphatic rings. The lowest BCUT2D eigenvalue weighted by Crippen LogP contribution is -2.23. The van der Waals surface area contributed by atoms with Gasteiger partial charge in [0.15, 0.2) is 0 Å². The Bertz CT molecular complexity index is 648. The van der Waals surface area contributed by atoms with E-state index in [4.69, 9.17) is 0 Å². The largest absolute Gasteiger partial charge is 0.367 e. The Labute approximate surface area is 138 Å². The quantitative estimate of drug-likeness (QED) is 0.856. The minimum atomic E-state index is 0.558. The fourth-order valence-electron chi connectivity index (χ4n) is 3.18. The number of hydrogen-bond acceptors (Lipinski definition) is 4. The number of aromatic nitrogens is 2. The number of nitrogens with one attached hydrogen (secondary N) is 2. The molecule has 0 bridgehead atoms. The lowest BCUT2D eigenvalue weighted by molar-refractivity contribution is 0.462. The minimum absolute atomic E-state index is 0.558. The van der Waals surface area contributed by atoms with Crippen LogP contribution < -0.4 is 10.6 Å². The lowest BCUT2D eigenvalue weighted by atomic mass is 9.95. The first-order valence-electron chi connectivity index (χ1n) is 8.61. The SMILES string of the molecule is Cc1cccc(CNc2nc(C)cc(NC3CCCCC3)n2)c1. The van der Waals surface area contributed by atoms with Crippen molar-refractivity contribution >= 4 is 11.8 Å². The van der Waals surface area contributed by atoms with Crippen molar-refractivity contribution in [2.24, 2.45) is 0 Å². The molecule has 23 heavy (non-hydrogen) atoms. The molecule has 4 heteroatoms. The Morgan fingerprint density at radius 3 is 2.65 bits per heavy atom. The molecule has 1 heterocycles. The van der Waals surface area contributed by atoms with Crippen molar-refractivity contribution in [2.45, 2.75) is 58.5 Å². The van der Waals surface area contributed by atoms with Gasteiger partial charge in [-0.05, 0) is 32.3 Å². The molecule has 0 unspecified atom stereocenters. The maximum atomic E-state index is 4.63. The number of hydrogen-bond donors (Lipinski definition) is 2. The van der Waals surface area contributed by atoms with Crippen molar-refractivity contribution in [3.63, 3.8) is 0 Å². The van der Waals surface area contributed by atoms with Gasteiger partial charge in [0.2, 0.25) is 5.95 Å². The zero-order valence-corrected chi connectivity index (χ0v) is 14.1. The summed E-state index contributed by atoms with van der Waals surface area (Å²) in [7, 11) is 0. The molecular formula is C19H26N4. The van der Waals surface area contributed by atoms with Gasteiger partial charge in [0.05, 0.1) is 0 Å². The molecule has 1 aliphatic carbocycles. The van der Waals surface area contributed by atoms with Crippen LogP contribution in [0.4, 0.5) is 11.8 Å². The average molecular weight is 310 g/mol. The second-order valence-electron chi connectivity index (χ2n) is 6.54. The maximum absolute atomic E-state index is 4.63. The highest BCUT2D eigenvalue weighted by Crippen LogP contribution is 2.21. The summed E-state index contributed by atoms with van der Waals surface area (Å²) in [5.74, 6) is 1.64. The standard InChI is InChI=1S/C19H26N4/c1-14-7-6-8-16(11-14)13-20-19-21-15(2)12-18(23-19)22-17-9-4-3-5-10-17/h6-8,11-12,17H,3-5,9-10,13H2,1-2H3,(H2,20,21,22,23). The molecule has 0 radical (unpaired) electrons. The normalized spacial score (nSPS) is 15.4. The smallest absolute Gasteiger partial charge is 0.225 e. The van der Waals surface area contributed by atoms with E-state index in [1.807, 2.05) is 13.0 Å². The molecule has 122 valence electrons. The lowest BCUT2D eigenvalue weighted by Gasteiger charge is -2.23. The molecule has 1 aromatic carbocycles. The summed E-state index contributed by atoms with van der Waals surface area (Å²) >= 11 is 0. The average Bonchev–Trinajstić information content (AvgIpc) is 2.53. The fraction of sp³-hybridized carbons (Fsp3) is 0.474.